The van der Waals surface area contributed by atoms with Crippen molar-refractivity contribution in [3.8, 4) is 0 Å². The van der Waals surface area contributed by atoms with Crippen molar-refractivity contribution in [1.29, 1.82) is 0 Å². The molecule has 1 fully saturated rings. The standard InChI is InChI=1S/C15H29N3O3/c1-14(2,3)18(13(20)21-15(4,5)6)9-11(12(16)19)17-10-7-8-10/h10-11,17H,7-9H2,1-6H3,(H2,16,19). The molecule has 0 aromatic rings. The fraction of sp³-hybridized carbons (Fsp3) is 0.867. The van der Waals surface area contributed by atoms with Crippen molar-refractivity contribution >= 4 is 12.0 Å². The minimum atomic E-state index is -0.577. The van der Waals surface area contributed by atoms with E-state index in [0.29, 0.717) is 6.04 Å². The highest BCUT2D eigenvalue weighted by Gasteiger charge is 2.35. The van der Waals surface area contributed by atoms with Gasteiger partial charge < -0.3 is 20.7 Å². The normalized spacial score (nSPS) is 17.2. The molecule has 1 aliphatic carbocycles. The molecular weight excluding hydrogens is 270 g/mol. The number of rotatable bonds is 5. The number of ether oxygens (including phenoxy) is 1. The highest BCUT2D eigenvalue weighted by atomic mass is 16.6. The number of hydrogen-bond donors (Lipinski definition) is 2. The highest BCUT2D eigenvalue weighted by molar-refractivity contribution is 5.81. The first-order valence-corrected chi connectivity index (χ1v) is 7.46. The quantitative estimate of drug-likeness (QED) is 0.808. The molecule has 0 radical (unpaired) electrons. The van der Waals surface area contributed by atoms with Crippen LogP contribution >= 0.6 is 0 Å². The number of hydrogen-bond acceptors (Lipinski definition) is 4. The van der Waals surface area contributed by atoms with Crippen LogP contribution in [0.3, 0.4) is 0 Å². The van der Waals surface area contributed by atoms with Crippen molar-refractivity contribution in [2.75, 3.05) is 6.54 Å². The summed E-state index contributed by atoms with van der Waals surface area (Å²) >= 11 is 0. The molecule has 0 spiro atoms. The van der Waals surface area contributed by atoms with Crippen LogP contribution in [-0.4, -0.2) is 46.7 Å². The first-order chi connectivity index (χ1) is 9.40. The molecule has 0 bridgehead atoms. The topological polar surface area (TPSA) is 84.7 Å². The molecule has 122 valence electrons. The summed E-state index contributed by atoms with van der Waals surface area (Å²) in [5, 5.41) is 3.19. The summed E-state index contributed by atoms with van der Waals surface area (Å²) in [6.45, 7) is 11.4. The van der Waals surface area contributed by atoms with Gasteiger partial charge in [-0.2, -0.15) is 0 Å². The van der Waals surface area contributed by atoms with Crippen molar-refractivity contribution in [1.82, 2.24) is 10.2 Å². The van der Waals surface area contributed by atoms with Crippen molar-refractivity contribution in [2.24, 2.45) is 5.73 Å². The Morgan fingerprint density at radius 2 is 1.76 bits per heavy atom. The first kappa shape index (κ1) is 17.8. The molecule has 0 aliphatic heterocycles. The van der Waals surface area contributed by atoms with Crippen LogP contribution in [0.15, 0.2) is 0 Å². The van der Waals surface area contributed by atoms with Gasteiger partial charge in [0.2, 0.25) is 5.91 Å². The maximum atomic E-state index is 12.4. The predicted octanol–water partition coefficient (Wildman–Crippen LogP) is 1.63. The average Bonchev–Trinajstić information content (AvgIpc) is 3.02. The molecular formula is C15H29N3O3. The minimum Gasteiger partial charge on any atom is -0.444 e. The number of carbonyl (C=O) groups excluding carboxylic acids is 2. The van der Waals surface area contributed by atoms with Crippen molar-refractivity contribution in [3.63, 3.8) is 0 Å². The maximum Gasteiger partial charge on any atom is 0.410 e. The molecule has 3 N–H and O–H groups in total. The Hall–Kier alpha value is -1.30. The summed E-state index contributed by atoms with van der Waals surface area (Å²) < 4.78 is 5.43. The van der Waals surface area contributed by atoms with Crippen LogP contribution in [-0.2, 0) is 9.53 Å². The second kappa shape index (κ2) is 6.22. The number of primary amides is 1. The second-order valence-electron chi connectivity index (χ2n) is 7.66. The lowest BCUT2D eigenvalue weighted by Crippen LogP contribution is -2.56. The van der Waals surface area contributed by atoms with Crippen LogP contribution in [0.25, 0.3) is 0 Å². The molecule has 1 unspecified atom stereocenters. The zero-order chi connectivity index (χ0) is 16.4. The van der Waals surface area contributed by atoms with Crippen LogP contribution in [0.5, 0.6) is 0 Å². The van der Waals surface area contributed by atoms with E-state index >= 15 is 0 Å². The molecule has 1 saturated carbocycles. The monoisotopic (exact) mass is 299 g/mol. The lowest BCUT2D eigenvalue weighted by Gasteiger charge is -2.38. The van der Waals surface area contributed by atoms with E-state index in [4.69, 9.17) is 10.5 Å². The number of carbonyl (C=O) groups is 2. The smallest absolute Gasteiger partial charge is 0.410 e. The van der Waals surface area contributed by atoms with E-state index < -0.39 is 29.2 Å². The van der Waals surface area contributed by atoms with Gasteiger partial charge in [-0.25, -0.2) is 4.79 Å². The third-order valence-corrected chi connectivity index (χ3v) is 3.15. The number of nitrogens with zero attached hydrogens (tertiary/aromatic N) is 1. The van der Waals surface area contributed by atoms with Gasteiger partial charge >= 0.3 is 6.09 Å². The average molecular weight is 299 g/mol. The molecule has 0 aromatic heterocycles. The molecule has 1 atom stereocenters. The minimum absolute atomic E-state index is 0.213. The van der Waals surface area contributed by atoms with Gasteiger partial charge in [0.15, 0.2) is 0 Å². The Labute approximate surface area is 127 Å². The third kappa shape index (κ3) is 6.33. The van der Waals surface area contributed by atoms with Gasteiger partial charge in [-0.05, 0) is 54.4 Å². The molecule has 0 saturated heterocycles. The van der Waals surface area contributed by atoms with Gasteiger partial charge in [0.25, 0.3) is 0 Å². The van der Waals surface area contributed by atoms with Crippen molar-refractivity contribution in [3.05, 3.63) is 0 Å². The fourth-order valence-electron chi connectivity index (χ4n) is 1.88. The Kier molecular flexibility index (Phi) is 5.25. The third-order valence-electron chi connectivity index (χ3n) is 3.15. The van der Waals surface area contributed by atoms with Crippen LogP contribution in [0.4, 0.5) is 4.79 Å². The molecule has 21 heavy (non-hydrogen) atoms. The van der Waals surface area contributed by atoms with E-state index in [-0.39, 0.29) is 6.54 Å². The SMILES string of the molecule is CC(C)(C)OC(=O)N(CC(NC1CC1)C(N)=O)C(C)(C)C. The summed E-state index contributed by atoms with van der Waals surface area (Å²) in [5.41, 5.74) is 4.42. The molecule has 1 rings (SSSR count). The summed E-state index contributed by atoms with van der Waals surface area (Å²) in [6.07, 6.45) is 1.66. The Bertz CT molecular complexity index is 392. The van der Waals surface area contributed by atoms with Crippen LogP contribution in [0.1, 0.15) is 54.4 Å². The van der Waals surface area contributed by atoms with E-state index in [1.54, 1.807) is 4.90 Å². The van der Waals surface area contributed by atoms with Gasteiger partial charge in [0, 0.05) is 18.1 Å². The molecule has 1 aliphatic rings. The highest BCUT2D eigenvalue weighted by Crippen LogP contribution is 2.22. The first-order valence-electron chi connectivity index (χ1n) is 7.46. The summed E-state index contributed by atoms with van der Waals surface area (Å²) in [6, 6.07) is -0.216. The summed E-state index contributed by atoms with van der Waals surface area (Å²) in [7, 11) is 0. The molecule has 0 heterocycles. The van der Waals surface area contributed by atoms with Crippen molar-refractivity contribution < 1.29 is 14.3 Å². The van der Waals surface area contributed by atoms with Gasteiger partial charge in [0.1, 0.15) is 11.6 Å². The van der Waals surface area contributed by atoms with Crippen LogP contribution < -0.4 is 11.1 Å². The number of nitrogens with two attached hydrogens (primary N) is 1. The zero-order valence-corrected chi connectivity index (χ0v) is 14.0. The Morgan fingerprint density at radius 1 is 1.24 bits per heavy atom. The number of amides is 2. The molecule has 0 aromatic carbocycles. The van der Waals surface area contributed by atoms with E-state index in [1.807, 2.05) is 41.5 Å². The Balaban J connectivity index is 2.81. The lowest BCUT2D eigenvalue weighted by molar-refractivity contribution is -0.120. The molecule has 6 heteroatoms. The summed E-state index contributed by atoms with van der Waals surface area (Å²) in [4.78, 5) is 25.6. The Morgan fingerprint density at radius 3 is 2.10 bits per heavy atom. The number of nitrogens with one attached hydrogen (secondary N) is 1. The molecule has 6 nitrogen and oxygen atoms in total. The zero-order valence-electron chi connectivity index (χ0n) is 14.0. The fourth-order valence-corrected chi connectivity index (χ4v) is 1.88. The van der Waals surface area contributed by atoms with Gasteiger partial charge in [-0.15, -0.1) is 0 Å². The summed E-state index contributed by atoms with van der Waals surface area (Å²) in [5.74, 6) is -0.445. The lowest BCUT2D eigenvalue weighted by atomic mass is 10.1. The van der Waals surface area contributed by atoms with Crippen LogP contribution in [0.2, 0.25) is 0 Å². The van der Waals surface area contributed by atoms with E-state index in [9.17, 15) is 9.59 Å². The van der Waals surface area contributed by atoms with Crippen LogP contribution in [0, 0.1) is 0 Å². The predicted molar refractivity (Wildman–Crippen MR) is 81.8 cm³/mol. The second-order valence-corrected chi connectivity index (χ2v) is 7.66. The van der Waals surface area contributed by atoms with Gasteiger partial charge in [-0.3, -0.25) is 4.79 Å². The van der Waals surface area contributed by atoms with E-state index in [1.165, 1.54) is 0 Å². The van der Waals surface area contributed by atoms with Gasteiger partial charge in [0.05, 0.1) is 0 Å². The van der Waals surface area contributed by atoms with Crippen molar-refractivity contribution in [2.45, 2.75) is 77.6 Å². The van der Waals surface area contributed by atoms with E-state index in [0.717, 1.165) is 12.8 Å². The van der Waals surface area contributed by atoms with E-state index in [2.05, 4.69) is 5.32 Å². The largest absolute Gasteiger partial charge is 0.444 e. The molecule has 2 amide bonds. The maximum absolute atomic E-state index is 12.4. The van der Waals surface area contributed by atoms with Gasteiger partial charge in [-0.1, -0.05) is 0 Å².